The van der Waals surface area contributed by atoms with E-state index in [2.05, 4.69) is 18.5 Å². The van der Waals surface area contributed by atoms with E-state index in [1.165, 1.54) is 0 Å². The lowest BCUT2D eigenvalue weighted by molar-refractivity contribution is -0.128. The van der Waals surface area contributed by atoms with Crippen LogP contribution >= 0.6 is 11.8 Å². The van der Waals surface area contributed by atoms with Gasteiger partial charge in [0.25, 0.3) is 0 Å². The molecule has 1 N–H and O–H groups in total. The van der Waals surface area contributed by atoms with Gasteiger partial charge in [0.15, 0.2) is 0 Å². The number of nitrogens with one attached hydrogen (secondary N) is 1. The lowest BCUT2D eigenvalue weighted by Crippen LogP contribution is -2.39. The van der Waals surface area contributed by atoms with Crippen molar-refractivity contribution in [2.45, 2.75) is 19.4 Å². The van der Waals surface area contributed by atoms with Crippen LogP contribution in [0.4, 0.5) is 0 Å². The van der Waals surface area contributed by atoms with Crippen molar-refractivity contribution in [3.05, 3.63) is 0 Å². The highest BCUT2D eigenvalue weighted by atomic mass is 32.2. The molecular formula is C10H20N2OS. The van der Waals surface area contributed by atoms with Gasteiger partial charge in [-0.25, -0.2) is 0 Å². The summed E-state index contributed by atoms with van der Waals surface area (Å²) in [6, 6.07) is 0.0734. The Hall–Kier alpha value is -0.220. The molecule has 3 nitrogen and oxygen atoms in total. The Labute approximate surface area is 90.6 Å². The fourth-order valence-corrected chi connectivity index (χ4v) is 2.39. The molecule has 1 heterocycles. The summed E-state index contributed by atoms with van der Waals surface area (Å²) in [5.41, 5.74) is 0. The highest BCUT2D eigenvalue weighted by Crippen LogP contribution is 2.09. The number of hydrogen-bond acceptors (Lipinski definition) is 3. The molecule has 1 rings (SSSR count). The van der Waals surface area contributed by atoms with Crippen molar-refractivity contribution in [3.63, 3.8) is 0 Å². The number of hydrogen-bond donors (Lipinski definition) is 1. The van der Waals surface area contributed by atoms with Crippen molar-refractivity contribution in [1.29, 1.82) is 0 Å². The molecule has 0 radical (unpaired) electrons. The fourth-order valence-electron chi connectivity index (χ4n) is 1.70. The second kappa shape index (κ2) is 5.61. The maximum absolute atomic E-state index is 11.5. The van der Waals surface area contributed by atoms with E-state index < -0.39 is 0 Å². The van der Waals surface area contributed by atoms with Gasteiger partial charge in [0.05, 0.1) is 6.04 Å². The maximum atomic E-state index is 11.5. The minimum Gasteiger partial charge on any atom is -0.344 e. The summed E-state index contributed by atoms with van der Waals surface area (Å²) in [6.45, 7) is 4.06. The average Bonchev–Trinajstić information content (AvgIpc) is 2.46. The van der Waals surface area contributed by atoms with Gasteiger partial charge in [-0.1, -0.05) is 6.92 Å². The van der Waals surface area contributed by atoms with E-state index in [1.54, 1.807) is 4.90 Å². The van der Waals surface area contributed by atoms with Crippen molar-refractivity contribution < 1.29 is 4.79 Å². The topological polar surface area (TPSA) is 32.3 Å². The molecule has 82 valence electrons. The van der Waals surface area contributed by atoms with Crippen LogP contribution in [0.2, 0.25) is 0 Å². The average molecular weight is 216 g/mol. The van der Waals surface area contributed by atoms with Crippen LogP contribution < -0.4 is 5.32 Å². The first-order chi connectivity index (χ1) is 6.65. The molecule has 1 amide bonds. The van der Waals surface area contributed by atoms with Crippen molar-refractivity contribution >= 4 is 17.7 Å². The molecule has 2 unspecified atom stereocenters. The first kappa shape index (κ1) is 11.9. The Morgan fingerprint density at radius 3 is 2.93 bits per heavy atom. The van der Waals surface area contributed by atoms with Gasteiger partial charge in [-0.15, -0.1) is 0 Å². The van der Waals surface area contributed by atoms with Gasteiger partial charge in [-0.05, 0) is 30.9 Å². The summed E-state index contributed by atoms with van der Waals surface area (Å²) in [6.07, 6.45) is 3.08. The highest BCUT2D eigenvalue weighted by Gasteiger charge is 2.28. The van der Waals surface area contributed by atoms with Gasteiger partial charge >= 0.3 is 0 Å². The number of nitrogens with zero attached hydrogens (tertiary/aromatic N) is 1. The smallest absolute Gasteiger partial charge is 0.239 e. The van der Waals surface area contributed by atoms with E-state index in [9.17, 15) is 4.79 Å². The molecule has 0 saturated carbocycles. The van der Waals surface area contributed by atoms with Crippen LogP contribution in [-0.4, -0.2) is 49.0 Å². The number of carbonyl (C=O) groups is 1. The van der Waals surface area contributed by atoms with E-state index in [4.69, 9.17) is 0 Å². The van der Waals surface area contributed by atoms with Crippen LogP contribution in [0, 0.1) is 5.92 Å². The minimum absolute atomic E-state index is 0.0734. The molecule has 1 aliphatic heterocycles. The Kier molecular flexibility index (Phi) is 4.75. The number of rotatable bonds is 5. The number of thioether (sulfide) groups is 1. The lowest BCUT2D eigenvalue weighted by atomic mass is 10.2. The first-order valence-corrected chi connectivity index (χ1v) is 6.51. The Morgan fingerprint density at radius 1 is 1.71 bits per heavy atom. The summed E-state index contributed by atoms with van der Waals surface area (Å²) in [5.74, 6) is 2.05. The largest absolute Gasteiger partial charge is 0.344 e. The normalized spacial score (nSPS) is 24.4. The zero-order chi connectivity index (χ0) is 10.6. The molecule has 0 bridgehead atoms. The Morgan fingerprint density at radius 2 is 2.43 bits per heavy atom. The first-order valence-electron chi connectivity index (χ1n) is 5.12. The van der Waals surface area contributed by atoms with Gasteiger partial charge in [-0.3, -0.25) is 4.79 Å². The van der Waals surface area contributed by atoms with Gasteiger partial charge < -0.3 is 10.2 Å². The van der Waals surface area contributed by atoms with E-state index in [-0.39, 0.29) is 11.9 Å². The molecule has 14 heavy (non-hydrogen) atoms. The SMILES string of the molecule is CSCC(C)CNC1CCN(C)C1=O. The molecule has 0 aromatic heterocycles. The van der Waals surface area contributed by atoms with Crippen LogP contribution in [0.15, 0.2) is 0 Å². The molecule has 2 atom stereocenters. The van der Waals surface area contributed by atoms with E-state index in [0.29, 0.717) is 5.92 Å². The predicted octanol–water partition coefficient (Wildman–Crippen LogP) is 0.806. The molecule has 0 spiro atoms. The third kappa shape index (κ3) is 3.17. The van der Waals surface area contributed by atoms with Crippen LogP contribution in [-0.2, 0) is 4.79 Å². The third-order valence-corrected chi connectivity index (χ3v) is 3.49. The van der Waals surface area contributed by atoms with Gasteiger partial charge in [-0.2, -0.15) is 11.8 Å². The van der Waals surface area contributed by atoms with Crippen LogP contribution in [0.3, 0.4) is 0 Å². The van der Waals surface area contributed by atoms with Crippen LogP contribution in [0.5, 0.6) is 0 Å². The summed E-state index contributed by atoms with van der Waals surface area (Å²) < 4.78 is 0. The third-order valence-electron chi connectivity index (χ3n) is 2.59. The molecule has 0 aliphatic carbocycles. The molecule has 1 aliphatic rings. The van der Waals surface area contributed by atoms with Gasteiger partial charge in [0.2, 0.25) is 5.91 Å². The van der Waals surface area contributed by atoms with Crippen LogP contribution in [0.1, 0.15) is 13.3 Å². The molecule has 0 aromatic rings. The monoisotopic (exact) mass is 216 g/mol. The second-order valence-electron chi connectivity index (χ2n) is 4.07. The number of likely N-dealkylation sites (N-methyl/N-ethyl adjacent to an activating group) is 1. The zero-order valence-corrected chi connectivity index (χ0v) is 10.1. The number of amides is 1. The van der Waals surface area contributed by atoms with Crippen molar-refractivity contribution in [3.8, 4) is 0 Å². The molecular weight excluding hydrogens is 196 g/mol. The standard InChI is InChI=1S/C10H20N2OS/c1-8(7-14-3)6-11-9-4-5-12(2)10(9)13/h8-9,11H,4-7H2,1-3H3. The Balaban J connectivity index is 2.22. The zero-order valence-electron chi connectivity index (χ0n) is 9.25. The van der Waals surface area contributed by atoms with Crippen molar-refractivity contribution in [2.24, 2.45) is 5.92 Å². The molecule has 4 heteroatoms. The molecule has 0 aromatic carbocycles. The Bertz CT molecular complexity index is 199. The highest BCUT2D eigenvalue weighted by molar-refractivity contribution is 7.98. The van der Waals surface area contributed by atoms with Crippen molar-refractivity contribution in [1.82, 2.24) is 10.2 Å². The van der Waals surface area contributed by atoms with E-state index >= 15 is 0 Å². The number of carbonyl (C=O) groups excluding carboxylic acids is 1. The molecule has 1 saturated heterocycles. The summed E-state index contributed by atoms with van der Waals surface area (Å²) in [4.78, 5) is 13.3. The lowest BCUT2D eigenvalue weighted by Gasteiger charge is -2.15. The predicted molar refractivity (Wildman–Crippen MR) is 61.6 cm³/mol. The van der Waals surface area contributed by atoms with Gasteiger partial charge in [0.1, 0.15) is 0 Å². The van der Waals surface area contributed by atoms with Crippen LogP contribution in [0.25, 0.3) is 0 Å². The summed E-state index contributed by atoms with van der Waals surface area (Å²) in [5, 5.41) is 3.34. The second-order valence-corrected chi connectivity index (χ2v) is 4.98. The van der Waals surface area contributed by atoms with Crippen molar-refractivity contribution in [2.75, 3.05) is 32.1 Å². The fraction of sp³-hybridized carbons (Fsp3) is 0.900. The van der Waals surface area contributed by atoms with Gasteiger partial charge in [0, 0.05) is 13.6 Å². The quantitative estimate of drug-likeness (QED) is 0.738. The van der Waals surface area contributed by atoms with E-state index in [0.717, 1.165) is 25.3 Å². The minimum atomic E-state index is 0.0734. The molecule has 1 fully saturated rings. The summed E-state index contributed by atoms with van der Waals surface area (Å²) in [7, 11) is 1.87. The van der Waals surface area contributed by atoms with E-state index in [1.807, 2.05) is 18.8 Å². The number of likely N-dealkylation sites (tertiary alicyclic amines) is 1. The maximum Gasteiger partial charge on any atom is 0.239 e. The summed E-state index contributed by atoms with van der Waals surface area (Å²) >= 11 is 1.86.